The van der Waals surface area contributed by atoms with E-state index >= 15 is 0 Å². The van der Waals surface area contributed by atoms with Gasteiger partial charge in [-0.05, 0) is 68.1 Å². The number of carbonyl (C=O) groups is 1. The molecule has 29 heavy (non-hydrogen) atoms. The minimum atomic E-state index is 0.0354. The number of hydrogen-bond acceptors (Lipinski definition) is 3. The van der Waals surface area contributed by atoms with Crippen LogP contribution in [0.25, 0.3) is 22.2 Å². The fourth-order valence-corrected chi connectivity index (χ4v) is 5.95. The lowest BCUT2D eigenvalue weighted by molar-refractivity contribution is 0.0964. The first-order valence-corrected chi connectivity index (χ1v) is 11.1. The predicted octanol–water partition coefficient (Wildman–Crippen LogP) is 5.10. The number of nitrogens with zero attached hydrogens (tertiary/aromatic N) is 1. The Hall–Kier alpha value is -2.46. The van der Waals surface area contributed by atoms with Crippen molar-refractivity contribution in [2.24, 2.45) is 0 Å². The van der Waals surface area contributed by atoms with Crippen molar-refractivity contribution >= 4 is 16.8 Å². The van der Waals surface area contributed by atoms with Gasteiger partial charge in [-0.3, -0.25) is 4.79 Å². The molecule has 4 nitrogen and oxygen atoms in total. The number of aromatic nitrogens is 2. The number of hydrogen-bond donors (Lipinski definition) is 2. The van der Waals surface area contributed by atoms with Gasteiger partial charge in [-0.2, -0.15) is 0 Å². The molecule has 148 valence electrons. The summed E-state index contributed by atoms with van der Waals surface area (Å²) in [6.07, 6.45) is 10.0. The smallest absolute Gasteiger partial charge is 0.164 e. The van der Waals surface area contributed by atoms with Gasteiger partial charge in [0.25, 0.3) is 0 Å². The van der Waals surface area contributed by atoms with Crippen LogP contribution in [0.5, 0.6) is 0 Å². The highest BCUT2D eigenvalue weighted by atomic mass is 16.1. The number of nitrogens with one attached hydrogen (secondary N) is 2. The molecule has 3 aliphatic rings. The van der Waals surface area contributed by atoms with Gasteiger partial charge in [0.05, 0.1) is 0 Å². The van der Waals surface area contributed by atoms with Gasteiger partial charge in [0.2, 0.25) is 0 Å². The predicted molar refractivity (Wildman–Crippen MR) is 115 cm³/mol. The number of ketones is 1. The molecule has 0 atom stereocenters. The first-order valence-electron chi connectivity index (χ1n) is 11.1. The van der Waals surface area contributed by atoms with E-state index in [1.165, 1.54) is 53.5 Å². The van der Waals surface area contributed by atoms with E-state index in [-0.39, 0.29) is 5.41 Å². The van der Waals surface area contributed by atoms with Crippen molar-refractivity contribution in [1.82, 2.24) is 15.3 Å². The second-order valence-corrected chi connectivity index (χ2v) is 9.21. The summed E-state index contributed by atoms with van der Waals surface area (Å²) in [5.41, 5.74) is 6.85. The number of aromatic amines is 1. The minimum Gasteiger partial charge on any atom is -0.346 e. The molecule has 1 saturated carbocycles. The average molecular weight is 386 g/mol. The van der Waals surface area contributed by atoms with Crippen LogP contribution in [0.15, 0.2) is 36.5 Å². The molecule has 3 heterocycles. The van der Waals surface area contributed by atoms with E-state index < -0.39 is 0 Å². The Balaban J connectivity index is 1.42. The van der Waals surface area contributed by atoms with Crippen molar-refractivity contribution in [2.45, 2.75) is 56.3 Å². The first-order chi connectivity index (χ1) is 14.2. The maximum absolute atomic E-state index is 12.7. The van der Waals surface area contributed by atoms with Crippen molar-refractivity contribution in [3.8, 4) is 11.1 Å². The number of piperidine rings is 1. The Morgan fingerprint density at radius 2 is 1.83 bits per heavy atom. The summed E-state index contributed by atoms with van der Waals surface area (Å²) in [4.78, 5) is 21.0. The second-order valence-electron chi connectivity index (χ2n) is 9.21. The highest BCUT2D eigenvalue weighted by molar-refractivity contribution is 6.03. The zero-order chi connectivity index (χ0) is 19.4. The number of pyridine rings is 1. The molecule has 0 bridgehead atoms. The van der Waals surface area contributed by atoms with Crippen LogP contribution < -0.4 is 5.32 Å². The van der Waals surface area contributed by atoms with Gasteiger partial charge in [0.15, 0.2) is 5.78 Å². The third-order valence-electron chi connectivity index (χ3n) is 7.60. The highest BCUT2D eigenvalue weighted by Crippen LogP contribution is 2.46. The van der Waals surface area contributed by atoms with Crippen molar-refractivity contribution in [3.05, 3.63) is 53.3 Å². The normalized spacial score (nSPS) is 21.3. The molecule has 0 unspecified atom stereocenters. The molecule has 1 aromatic carbocycles. The number of benzene rings is 1. The Bertz CT molecular complexity index is 1100. The van der Waals surface area contributed by atoms with Crippen molar-refractivity contribution in [2.75, 3.05) is 13.1 Å². The Morgan fingerprint density at radius 3 is 2.66 bits per heavy atom. The topological polar surface area (TPSA) is 57.8 Å². The quantitative estimate of drug-likeness (QED) is 0.646. The van der Waals surface area contributed by atoms with Gasteiger partial charge < -0.3 is 10.3 Å². The summed E-state index contributed by atoms with van der Waals surface area (Å²) < 4.78 is 0. The summed E-state index contributed by atoms with van der Waals surface area (Å²) in [6, 6.07) is 10.9. The fraction of sp³-hybridized carbons (Fsp3) is 0.440. The maximum atomic E-state index is 12.7. The molecule has 2 N–H and O–H groups in total. The minimum absolute atomic E-state index is 0.0354. The number of Topliss-reactive ketones (excluding diaryl/α,β-unsaturated/α-hetero) is 1. The third kappa shape index (κ3) is 2.69. The first kappa shape index (κ1) is 17.4. The standard InChI is InChI=1S/C25H27N3O/c29-23-14-25(9-11-26-12-10-25)21-13-17(5-6-19(21)23)20-15-27-24-18(20)7-8-22(28-24)16-3-1-2-4-16/h5-8,13,15-16,26H,1-4,9-12,14H2,(H,27,28). The molecule has 1 saturated heterocycles. The van der Waals surface area contributed by atoms with E-state index in [0.717, 1.165) is 37.1 Å². The van der Waals surface area contributed by atoms with Crippen LogP contribution in [0.1, 0.15) is 72.5 Å². The van der Waals surface area contributed by atoms with Crippen LogP contribution >= 0.6 is 0 Å². The number of carbonyl (C=O) groups excluding carboxylic acids is 1. The molecular formula is C25H27N3O. The van der Waals surface area contributed by atoms with Gasteiger partial charge in [-0.25, -0.2) is 4.98 Å². The lowest BCUT2D eigenvalue weighted by atomic mass is 9.74. The summed E-state index contributed by atoms with van der Waals surface area (Å²) in [5.74, 6) is 0.937. The van der Waals surface area contributed by atoms with Gasteiger partial charge in [0.1, 0.15) is 5.65 Å². The van der Waals surface area contributed by atoms with Crippen LogP contribution in [0, 0.1) is 0 Å². The summed E-state index contributed by atoms with van der Waals surface area (Å²) in [5, 5.41) is 4.63. The molecule has 2 fully saturated rings. The molecule has 2 aliphatic carbocycles. The molecular weight excluding hydrogens is 358 g/mol. The average Bonchev–Trinajstić information content (AvgIpc) is 3.48. The molecule has 3 aromatic rings. The molecule has 2 aromatic heterocycles. The van der Waals surface area contributed by atoms with Crippen LogP contribution in [0.4, 0.5) is 0 Å². The van der Waals surface area contributed by atoms with E-state index in [4.69, 9.17) is 4.98 Å². The van der Waals surface area contributed by atoms with Crippen molar-refractivity contribution < 1.29 is 4.79 Å². The summed E-state index contributed by atoms with van der Waals surface area (Å²) in [7, 11) is 0. The summed E-state index contributed by atoms with van der Waals surface area (Å²) in [6.45, 7) is 2.00. The molecule has 6 rings (SSSR count). The van der Waals surface area contributed by atoms with Crippen LogP contribution in [-0.4, -0.2) is 28.8 Å². The molecule has 0 amide bonds. The molecule has 1 aliphatic heterocycles. The SMILES string of the molecule is O=C1CC2(CCNCC2)c2cc(-c3c[nH]c4nc(C5CCCC5)ccc34)ccc21. The monoisotopic (exact) mass is 385 g/mol. The Morgan fingerprint density at radius 1 is 1.00 bits per heavy atom. The van der Waals surface area contributed by atoms with Crippen LogP contribution in [-0.2, 0) is 5.41 Å². The molecule has 4 heteroatoms. The second kappa shape index (κ2) is 6.53. The van der Waals surface area contributed by atoms with E-state index in [0.29, 0.717) is 18.1 Å². The maximum Gasteiger partial charge on any atom is 0.164 e. The lowest BCUT2D eigenvalue weighted by Gasteiger charge is -2.34. The van der Waals surface area contributed by atoms with E-state index in [2.05, 4.69) is 46.8 Å². The van der Waals surface area contributed by atoms with E-state index in [1.807, 2.05) is 0 Å². The summed E-state index contributed by atoms with van der Waals surface area (Å²) >= 11 is 0. The van der Waals surface area contributed by atoms with Crippen molar-refractivity contribution in [1.29, 1.82) is 0 Å². The van der Waals surface area contributed by atoms with E-state index in [1.54, 1.807) is 0 Å². The number of H-pyrrole nitrogens is 1. The lowest BCUT2D eigenvalue weighted by Crippen LogP contribution is -2.38. The number of fused-ring (bicyclic) bond motifs is 3. The third-order valence-corrected chi connectivity index (χ3v) is 7.60. The zero-order valence-corrected chi connectivity index (χ0v) is 16.8. The highest BCUT2D eigenvalue weighted by Gasteiger charge is 2.43. The van der Waals surface area contributed by atoms with Gasteiger partial charge in [0, 0.05) is 46.2 Å². The Labute approximate surface area is 171 Å². The van der Waals surface area contributed by atoms with Gasteiger partial charge in [-0.15, -0.1) is 0 Å². The molecule has 0 radical (unpaired) electrons. The van der Waals surface area contributed by atoms with Gasteiger partial charge >= 0.3 is 0 Å². The van der Waals surface area contributed by atoms with Gasteiger partial charge in [-0.1, -0.05) is 25.0 Å². The molecule has 1 spiro atoms. The van der Waals surface area contributed by atoms with Crippen LogP contribution in [0.2, 0.25) is 0 Å². The fourth-order valence-electron chi connectivity index (χ4n) is 5.95. The number of rotatable bonds is 2. The largest absolute Gasteiger partial charge is 0.346 e. The van der Waals surface area contributed by atoms with E-state index in [9.17, 15) is 4.79 Å². The van der Waals surface area contributed by atoms with Crippen molar-refractivity contribution in [3.63, 3.8) is 0 Å². The van der Waals surface area contributed by atoms with Crippen LogP contribution in [0.3, 0.4) is 0 Å². The Kier molecular flexibility index (Phi) is 3.92. The zero-order valence-electron chi connectivity index (χ0n) is 16.8.